The number of aromatic nitrogens is 2. The van der Waals surface area contributed by atoms with Crippen molar-refractivity contribution >= 4 is 33.3 Å². The summed E-state index contributed by atoms with van der Waals surface area (Å²) in [6.45, 7) is 3.95. The van der Waals surface area contributed by atoms with Crippen LogP contribution < -0.4 is 10.5 Å². The molecule has 0 unspecified atom stereocenters. The summed E-state index contributed by atoms with van der Waals surface area (Å²) in [4.78, 5) is 8.22. The Morgan fingerprint density at radius 3 is 2.50 bits per heavy atom. The van der Waals surface area contributed by atoms with Crippen LogP contribution in [-0.2, 0) is 10.0 Å². The number of rotatable bonds is 4. The lowest BCUT2D eigenvalue weighted by atomic mass is 10.0. The number of nitrogens with two attached hydrogens (primary N) is 1. The predicted molar refractivity (Wildman–Crippen MR) is 104 cm³/mol. The van der Waals surface area contributed by atoms with E-state index in [1.165, 1.54) is 24.3 Å². The van der Waals surface area contributed by atoms with E-state index in [9.17, 15) is 8.42 Å². The summed E-state index contributed by atoms with van der Waals surface area (Å²) in [6, 6.07) is 13.4. The van der Waals surface area contributed by atoms with Crippen LogP contribution in [0.1, 0.15) is 11.1 Å². The van der Waals surface area contributed by atoms with Gasteiger partial charge in [0.2, 0.25) is 0 Å². The monoisotopic (exact) mass is 388 g/mol. The van der Waals surface area contributed by atoms with Gasteiger partial charge < -0.3 is 5.73 Å². The van der Waals surface area contributed by atoms with Crippen LogP contribution in [0.5, 0.6) is 0 Å². The molecule has 0 saturated carbocycles. The van der Waals surface area contributed by atoms with Crippen LogP contribution in [0.3, 0.4) is 0 Å². The second-order valence-electron chi connectivity index (χ2n) is 5.85. The highest BCUT2D eigenvalue weighted by Crippen LogP contribution is 2.30. The highest BCUT2D eigenvalue weighted by molar-refractivity contribution is 7.92. The van der Waals surface area contributed by atoms with Gasteiger partial charge >= 0.3 is 0 Å². The molecule has 0 aliphatic heterocycles. The van der Waals surface area contributed by atoms with Crippen molar-refractivity contribution in [3.8, 4) is 11.3 Å². The molecule has 2 aromatic heterocycles. The molecule has 134 valence electrons. The van der Waals surface area contributed by atoms with Crippen LogP contribution in [-0.4, -0.2) is 18.4 Å². The second-order valence-corrected chi connectivity index (χ2v) is 7.89. The lowest BCUT2D eigenvalue weighted by Crippen LogP contribution is -2.16. The third kappa shape index (κ3) is 3.79. The van der Waals surface area contributed by atoms with E-state index < -0.39 is 10.0 Å². The fourth-order valence-corrected chi connectivity index (χ4v) is 3.72. The smallest absolute Gasteiger partial charge is 0.280 e. The number of anilines is 2. The number of hydrogen-bond donors (Lipinski definition) is 2. The Balaban J connectivity index is 2.00. The molecule has 6 nitrogen and oxygen atoms in total. The lowest BCUT2D eigenvalue weighted by molar-refractivity contribution is 0.597. The minimum Gasteiger partial charge on any atom is -0.384 e. The zero-order chi connectivity index (χ0) is 18.9. The number of hydrogen-bond acceptors (Lipinski definition) is 5. The molecule has 0 amide bonds. The van der Waals surface area contributed by atoms with Gasteiger partial charge in [0.1, 0.15) is 11.6 Å². The summed E-state index contributed by atoms with van der Waals surface area (Å²) in [6.07, 6.45) is 0. The average molecular weight is 389 g/mol. The van der Waals surface area contributed by atoms with Crippen LogP contribution in [0.4, 0.5) is 11.6 Å². The summed E-state index contributed by atoms with van der Waals surface area (Å²) < 4.78 is 27.4. The van der Waals surface area contributed by atoms with Crippen molar-refractivity contribution < 1.29 is 8.42 Å². The highest BCUT2D eigenvalue weighted by Gasteiger charge is 2.18. The highest BCUT2D eigenvalue weighted by atomic mass is 35.5. The van der Waals surface area contributed by atoms with Gasteiger partial charge in [-0.05, 0) is 43.7 Å². The van der Waals surface area contributed by atoms with Crippen LogP contribution in [0.2, 0.25) is 5.02 Å². The third-order valence-corrected chi connectivity index (χ3v) is 5.30. The number of benzene rings is 1. The van der Waals surface area contributed by atoms with Crippen molar-refractivity contribution in [2.24, 2.45) is 0 Å². The molecule has 0 radical (unpaired) electrons. The number of nitrogens with zero attached hydrogens (tertiary/aromatic N) is 2. The molecule has 0 atom stereocenters. The number of aryl methyl sites for hydroxylation is 2. The van der Waals surface area contributed by atoms with E-state index in [-0.39, 0.29) is 16.7 Å². The van der Waals surface area contributed by atoms with Gasteiger partial charge in [0, 0.05) is 5.56 Å². The summed E-state index contributed by atoms with van der Waals surface area (Å²) in [7, 11) is -3.91. The van der Waals surface area contributed by atoms with Crippen molar-refractivity contribution in [2.45, 2.75) is 18.9 Å². The lowest BCUT2D eigenvalue weighted by Gasteiger charge is -2.12. The van der Waals surface area contributed by atoms with E-state index in [0.717, 1.165) is 16.7 Å². The minimum atomic E-state index is -3.91. The van der Waals surface area contributed by atoms with E-state index in [1.807, 2.05) is 32.0 Å². The predicted octanol–water partition coefficient (Wildman–Crippen LogP) is 3.80. The minimum absolute atomic E-state index is 0.118. The molecule has 0 aliphatic carbocycles. The van der Waals surface area contributed by atoms with Crippen LogP contribution in [0, 0.1) is 13.8 Å². The quantitative estimate of drug-likeness (QED) is 0.708. The summed E-state index contributed by atoms with van der Waals surface area (Å²) in [5.41, 5.74) is 9.02. The molecule has 2 heterocycles. The Morgan fingerprint density at radius 2 is 1.81 bits per heavy atom. The van der Waals surface area contributed by atoms with E-state index in [4.69, 9.17) is 17.3 Å². The molecule has 8 heteroatoms. The Morgan fingerprint density at radius 1 is 1.04 bits per heavy atom. The molecule has 0 spiro atoms. The number of pyridine rings is 2. The molecule has 3 N–H and O–H groups in total. The second kappa shape index (κ2) is 6.93. The first-order chi connectivity index (χ1) is 12.3. The summed E-state index contributed by atoms with van der Waals surface area (Å²) in [5, 5.41) is 0.254. The van der Waals surface area contributed by atoms with Gasteiger partial charge in [0.05, 0.1) is 10.7 Å². The molecule has 0 fully saturated rings. The zero-order valence-electron chi connectivity index (χ0n) is 14.2. The zero-order valence-corrected chi connectivity index (χ0v) is 15.8. The first kappa shape index (κ1) is 18.2. The number of sulfonamides is 1. The molecule has 0 aliphatic rings. The van der Waals surface area contributed by atoms with Crippen LogP contribution >= 0.6 is 11.6 Å². The average Bonchev–Trinajstić information content (AvgIpc) is 2.57. The molecule has 26 heavy (non-hydrogen) atoms. The maximum Gasteiger partial charge on any atom is 0.280 e. The first-order valence-corrected chi connectivity index (χ1v) is 9.62. The van der Waals surface area contributed by atoms with Gasteiger partial charge in [-0.1, -0.05) is 41.4 Å². The van der Waals surface area contributed by atoms with E-state index >= 15 is 0 Å². The Hall–Kier alpha value is -2.64. The first-order valence-electron chi connectivity index (χ1n) is 7.76. The maximum absolute atomic E-state index is 12.5. The van der Waals surface area contributed by atoms with Gasteiger partial charge in [-0.25, -0.2) is 9.97 Å². The molecule has 0 bridgehead atoms. The Bertz CT molecular complexity index is 1080. The fraction of sp³-hybridized carbons (Fsp3) is 0.111. The van der Waals surface area contributed by atoms with Crippen molar-refractivity contribution in [2.75, 3.05) is 10.5 Å². The van der Waals surface area contributed by atoms with Crippen molar-refractivity contribution in [3.63, 3.8) is 0 Å². The van der Waals surface area contributed by atoms with Crippen molar-refractivity contribution in [3.05, 3.63) is 64.7 Å². The number of nitrogens with one attached hydrogen (secondary N) is 1. The molecule has 3 aromatic rings. The SMILES string of the molecule is Cc1ccc(-c2nc(NS(=O)(=O)c3cccc(N)n3)ccc2Cl)c(C)c1. The summed E-state index contributed by atoms with van der Waals surface area (Å²) >= 11 is 6.28. The number of halogens is 1. The van der Waals surface area contributed by atoms with Gasteiger partial charge in [-0.2, -0.15) is 8.42 Å². The van der Waals surface area contributed by atoms with Gasteiger partial charge in [-0.3, -0.25) is 4.72 Å². The third-order valence-electron chi connectivity index (χ3n) is 3.74. The Labute approximate surface area is 157 Å². The van der Waals surface area contributed by atoms with Gasteiger partial charge in [0.25, 0.3) is 10.0 Å². The van der Waals surface area contributed by atoms with E-state index in [0.29, 0.717) is 10.7 Å². The largest absolute Gasteiger partial charge is 0.384 e. The van der Waals surface area contributed by atoms with Crippen molar-refractivity contribution in [1.29, 1.82) is 0 Å². The normalized spacial score (nSPS) is 11.3. The summed E-state index contributed by atoms with van der Waals surface area (Å²) in [5.74, 6) is 0.265. The molecule has 1 aromatic carbocycles. The number of nitrogen functional groups attached to an aromatic ring is 1. The van der Waals surface area contributed by atoms with Crippen LogP contribution in [0.15, 0.2) is 53.6 Å². The fourth-order valence-electron chi connectivity index (χ4n) is 2.54. The standard InChI is InChI=1S/C18H17ClN4O2S/c1-11-6-7-13(12(2)10-11)18-14(19)8-9-16(22-18)23-26(24,25)17-5-3-4-15(20)21-17/h3-10H,1-2H3,(H2,20,21)(H,22,23). The topological polar surface area (TPSA) is 98.0 Å². The van der Waals surface area contributed by atoms with Crippen molar-refractivity contribution in [1.82, 2.24) is 9.97 Å². The molecule has 0 saturated heterocycles. The molecule has 3 rings (SSSR count). The van der Waals surface area contributed by atoms with E-state index in [1.54, 1.807) is 6.07 Å². The maximum atomic E-state index is 12.5. The van der Waals surface area contributed by atoms with E-state index in [2.05, 4.69) is 14.7 Å². The Kier molecular flexibility index (Phi) is 4.84. The van der Waals surface area contributed by atoms with Crippen LogP contribution in [0.25, 0.3) is 11.3 Å². The molecular formula is C18H17ClN4O2S. The molecular weight excluding hydrogens is 372 g/mol. The van der Waals surface area contributed by atoms with Gasteiger partial charge in [0.15, 0.2) is 5.03 Å². The van der Waals surface area contributed by atoms with Gasteiger partial charge in [-0.15, -0.1) is 0 Å².